The lowest BCUT2D eigenvalue weighted by Crippen LogP contribution is -2.38. The molecule has 21 heavy (non-hydrogen) atoms. The maximum absolute atomic E-state index is 12.1. The summed E-state index contributed by atoms with van der Waals surface area (Å²) < 4.78 is 0. The molecule has 0 saturated heterocycles. The lowest BCUT2D eigenvalue weighted by atomic mass is 10.1. The number of nitrogens with zero attached hydrogens (tertiary/aromatic N) is 2. The van der Waals surface area contributed by atoms with Crippen molar-refractivity contribution in [2.24, 2.45) is 11.8 Å². The Morgan fingerprint density at radius 2 is 1.86 bits per heavy atom. The molecule has 0 atom stereocenters. The molecule has 0 unspecified atom stereocenters. The van der Waals surface area contributed by atoms with Gasteiger partial charge >= 0.3 is 0 Å². The van der Waals surface area contributed by atoms with Crippen molar-refractivity contribution in [3.8, 4) is 6.07 Å². The molecule has 1 aromatic rings. The lowest BCUT2D eigenvalue weighted by molar-refractivity contribution is -0.117. The maximum Gasteiger partial charge on any atom is 0.238 e. The van der Waals surface area contributed by atoms with Gasteiger partial charge in [0.05, 0.1) is 18.2 Å². The van der Waals surface area contributed by atoms with Gasteiger partial charge in [-0.2, -0.15) is 5.26 Å². The monoisotopic (exact) mass is 287 g/mol. The van der Waals surface area contributed by atoms with E-state index in [4.69, 9.17) is 5.26 Å². The molecule has 0 heterocycles. The summed E-state index contributed by atoms with van der Waals surface area (Å²) in [5.41, 5.74) is 1.22. The molecule has 0 aliphatic carbocycles. The molecule has 1 N–H and O–H groups in total. The highest BCUT2D eigenvalue weighted by Crippen LogP contribution is 2.10. The van der Waals surface area contributed by atoms with Crippen LogP contribution in [-0.4, -0.2) is 30.4 Å². The van der Waals surface area contributed by atoms with Gasteiger partial charge in [0, 0.05) is 18.8 Å². The van der Waals surface area contributed by atoms with Crippen molar-refractivity contribution in [3.05, 3.63) is 29.8 Å². The van der Waals surface area contributed by atoms with E-state index in [1.54, 1.807) is 24.3 Å². The van der Waals surface area contributed by atoms with E-state index in [1.807, 2.05) is 0 Å². The van der Waals surface area contributed by atoms with E-state index in [0.29, 0.717) is 29.6 Å². The SMILES string of the molecule is CC(C)CN(CC(=O)Nc1cccc(C#N)c1)CC(C)C. The number of rotatable bonds is 7. The minimum Gasteiger partial charge on any atom is -0.325 e. The first-order valence-electron chi connectivity index (χ1n) is 7.43. The molecule has 1 rings (SSSR count). The Bertz CT molecular complexity index is 493. The number of carbonyl (C=O) groups is 1. The number of hydrogen-bond donors (Lipinski definition) is 1. The number of hydrogen-bond acceptors (Lipinski definition) is 3. The Kier molecular flexibility index (Phi) is 6.90. The fourth-order valence-electron chi connectivity index (χ4n) is 2.31. The number of nitrogens with one attached hydrogen (secondary N) is 1. The van der Waals surface area contributed by atoms with Crippen molar-refractivity contribution in [1.82, 2.24) is 4.90 Å². The molecule has 1 aromatic carbocycles. The van der Waals surface area contributed by atoms with Crippen molar-refractivity contribution in [2.75, 3.05) is 25.0 Å². The minimum absolute atomic E-state index is 0.0358. The van der Waals surface area contributed by atoms with Gasteiger partial charge in [-0.15, -0.1) is 0 Å². The molecule has 0 fully saturated rings. The molecule has 1 amide bonds. The van der Waals surface area contributed by atoms with Gasteiger partial charge in [0.1, 0.15) is 0 Å². The summed E-state index contributed by atoms with van der Waals surface area (Å²) in [5, 5.41) is 11.7. The first kappa shape index (κ1) is 17.2. The molecule has 0 bridgehead atoms. The van der Waals surface area contributed by atoms with Gasteiger partial charge in [-0.05, 0) is 30.0 Å². The topological polar surface area (TPSA) is 56.1 Å². The number of benzene rings is 1. The standard InChI is InChI=1S/C17H25N3O/c1-13(2)10-20(11-14(3)4)12-17(21)19-16-7-5-6-15(8-16)9-18/h5-8,13-14H,10-12H2,1-4H3,(H,19,21). The Balaban J connectivity index is 2.62. The van der Waals surface area contributed by atoms with Crippen LogP contribution in [0.5, 0.6) is 0 Å². The van der Waals surface area contributed by atoms with E-state index in [1.165, 1.54) is 0 Å². The van der Waals surface area contributed by atoms with Gasteiger partial charge in [0.15, 0.2) is 0 Å². The van der Waals surface area contributed by atoms with Crippen LogP contribution in [0.4, 0.5) is 5.69 Å². The van der Waals surface area contributed by atoms with E-state index < -0.39 is 0 Å². The number of anilines is 1. The van der Waals surface area contributed by atoms with E-state index in [0.717, 1.165) is 13.1 Å². The molecule has 0 aromatic heterocycles. The minimum atomic E-state index is -0.0358. The predicted octanol–water partition coefficient (Wildman–Crippen LogP) is 3.11. The third-order valence-corrected chi connectivity index (χ3v) is 2.89. The summed E-state index contributed by atoms with van der Waals surface area (Å²) in [5.74, 6) is 1.02. The number of carbonyl (C=O) groups excluding carboxylic acids is 1. The van der Waals surface area contributed by atoms with Crippen molar-refractivity contribution in [1.29, 1.82) is 5.26 Å². The van der Waals surface area contributed by atoms with Crippen molar-refractivity contribution >= 4 is 11.6 Å². The predicted molar refractivity (Wildman–Crippen MR) is 85.9 cm³/mol. The Morgan fingerprint density at radius 3 is 2.38 bits per heavy atom. The second kappa shape index (κ2) is 8.43. The molecule has 4 heteroatoms. The van der Waals surface area contributed by atoms with E-state index in [-0.39, 0.29) is 5.91 Å². The average Bonchev–Trinajstić information content (AvgIpc) is 2.37. The van der Waals surface area contributed by atoms with Crippen molar-refractivity contribution < 1.29 is 4.79 Å². The Labute approximate surface area is 127 Å². The second-order valence-corrected chi connectivity index (χ2v) is 6.22. The highest BCUT2D eigenvalue weighted by molar-refractivity contribution is 5.92. The van der Waals surface area contributed by atoms with Crippen LogP contribution in [0, 0.1) is 23.2 Å². The lowest BCUT2D eigenvalue weighted by Gasteiger charge is -2.25. The van der Waals surface area contributed by atoms with E-state index in [9.17, 15) is 4.79 Å². The molecule has 0 aliphatic heterocycles. The molecule has 0 saturated carbocycles. The van der Waals surface area contributed by atoms with Crippen LogP contribution in [0.15, 0.2) is 24.3 Å². The summed E-state index contributed by atoms with van der Waals surface area (Å²) in [6, 6.07) is 9.05. The Morgan fingerprint density at radius 1 is 1.24 bits per heavy atom. The van der Waals surface area contributed by atoms with Crippen molar-refractivity contribution in [2.45, 2.75) is 27.7 Å². The first-order chi connectivity index (χ1) is 9.90. The summed E-state index contributed by atoms with van der Waals surface area (Å²) in [6.45, 7) is 10.8. The zero-order valence-electron chi connectivity index (χ0n) is 13.4. The van der Waals surface area contributed by atoms with E-state index in [2.05, 4.69) is 44.0 Å². The Hall–Kier alpha value is -1.86. The first-order valence-corrected chi connectivity index (χ1v) is 7.43. The van der Waals surface area contributed by atoms with Gasteiger partial charge in [-0.3, -0.25) is 9.69 Å². The summed E-state index contributed by atoms with van der Waals surface area (Å²) in [4.78, 5) is 14.3. The molecule has 114 valence electrons. The van der Waals surface area contributed by atoms with Gasteiger partial charge in [-0.1, -0.05) is 33.8 Å². The third kappa shape index (κ3) is 6.92. The average molecular weight is 287 g/mol. The molecule has 4 nitrogen and oxygen atoms in total. The molecule has 0 spiro atoms. The van der Waals surface area contributed by atoms with Gasteiger partial charge in [0.2, 0.25) is 5.91 Å². The van der Waals surface area contributed by atoms with Crippen LogP contribution in [0.3, 0.4) is 0 Å². The smallest absolute Gasteiger partial charge is 0.238 e. The molecule has 0 radical (unpaired) electrons. The van der Waals surface area contributed by atoms with Crippen LogP contribution in [0.1, 0.15) is 33.3 Å². The van der Waals surface area contributed by atoms with Crippen LogP contribution in [-0.2, 0) is 4.79 Å². The van der Waals surface area contributed by atoms with Crippen LogP contribution < -0.4 is 5.32 Å². The van der Waals surface area contributed by atoms with Gasteiger partial charge < -0.3 is 5.32 Å². The summed E-state index contributed by atoms with van der Waals surface area (Å²) >= 11 is 0. The number of nitriles is 1. The van der Waals surface area contributed by atoms with Gasteiger partial charge in [-0.25, -0.2) is 0 Å². The molecular weight excluding hydrogens is 262 g/mol. The van der Waals surface area contributed by atoms with Gasteiger partial charge in [0.25, 0.3) is 0 Å². The third-order valence-electron chi connectivity index (χ3n) is 2.89. The maximum atomic E-state index is 12.1. The zero-order chi connectivity index (χ0) is 15.8. The zero-order valence-corrected chi connectivity index (χ0v) is 13.4. The fraction of sp³-hybridized carbons (Fsp3) is 0.529. The van der Waals surface area contributed by atoms with Crippen LogP contribution in [0.2, 0.25) is 0 Å². The molecular formula is C17H25N3O. The molecule has 0 aliphatic rings. The normalized spacial score (nSPS) is 11.0. The number of amides is 1. The highest BCUT2D eigenvalue weighted by Gasteiger charge is 2.14. The highest BCUT2D eigenvalue weighted by atomic mass is 16.2. The largest absolute Gasteiger partial charge is 0.325 e. The second-order valence-electron chi connectivity index (χ2n) is 6.22. The van der Waals surface area contributed by atoms with Crippen LogP contribution in [0.25, 0.3) is 0 Å². The van der Waals surface area contributed by atoms with Crippen molar-refractivity contribution in [3.63, 3.8) is 0 Å². The fourth-order valence-corrected chi connectivity index (χ4v) is 2.31. The van der Waals surface area contributed by atoms with E-state index >= 15 is 0 Å². The summed E-state index contributed by atoms with van der Waals surface area (Å²) in [6.07, 6.45) is 0. The quantitative estimate of drug-likeness (QED) is 0.838. The summed E-state index contributed by atoms with van der Waals surface area (Å²) in [7, 11) is 0. The van der Waals surface area contributed by atoms with Crippen LogP contribution >= 0.6 is 0 Å².